The molecule has 4 rings (SSSR count). The number of para-hydroxylation sites is 1. The second-order valence-electron chi connectivity index (χ2n) is 9.04. The molecule has 0 saturated heterocycles. The number of nitrogens with two attached hydrogens (primary N) is 1. The highest BCUT2D eigenvalue weighted by molar-refractivity contribution is 6.02. The van der Waals surface area contributed by atoms with E-state index in [-0.39, 0.29) is 23.7 Å². The summed E-state index contributed by atoms with van der Waals surface area (Å²) in [6, 6.07) is 12.7. The van der Waals surface area contributed by atoms with Crippen LogP contribution in [-0.2, 0) is 0 Å². The number of carbonyl (C=O) groups is 1. The molecule has 0 bridgehead atoms. The van der Waals surface area contributed by atoms with Gasteiger partial charge in [0.05, 0.1) is 24.9 Å². The number of H-pyrrole nitrogens is 1. The van der Waals surface area contributed by atoms with Crippen LogP contribution in [0, 0.1) is 5.82 Å². The minimum absolute atomic E-state index is 0.0836. The Kier molecular flexibility index (Phi) is 7.76. The van der Waals surface area contributed by atoms with E-state index in [0.717, 1.165) is 28.0 Å². The second kappa shape index (κ2) is 11.2. The van der Waals surface area contributed by atoms with Gasteiger partial charge in [0.25, 0.3) is 5.91 Å². The maximum absolute atomic E-state index is 15.5. The van der Waals surface area contributed by atoms with Gasteiger partial charge in [0, 0.05) is 67.0 Å². The molecule has 38 heavy (non-hydrogen) atoms. The van der Waals surface area contributed by atoms with E-state index in [1.807, 2.05) is 43.5 Å². The number of rotatable bonds is 8. The predicted octanol–water partition coefficient (Wildman–Crippen LogP) is 5.09. The van der Waals surface area contributed by atoms with Gasteiger partial charge in [-0.2, -0.15) is 0 Å². The van der Waals surface area contributed by atoms with Gasteiger partial charge in [0.15, 0.2) is 0 Å². The lowest BCUT2D eigenvalue weighted by molar-refractivity contribution is 0.0828. The summed E-state index contributed by atoms with van der Waals surface area (Å²) >= 11 is 0. The van der Waals surface area contributed by atoms with Crippen LogP contribution < -0.4 is 15.8 Å². The lowest BCUT2D eigenvalue weighted by atomic mass is 9.99. The van der Waals surface area contributed by atoms with Crippen LogP contribution in [0.3, 0.4) is 0 Å². The van der Waals surface area contributed by atoms with Gasteiger partial charge in [-0.3, -0.25) is 9.79 Å². The Bertz CT molecular complexity index is 1550. The van der Waals surface area contributed by atoms with Crippen LogP contribution in [0.25, 0.3) is 33.3 Å². The number of methoxy groups -OCH3 is 1. The number of allylic oxidation sites excluding steroid dienone is 1. The van der Waals surface area contributed by atoms with Crippen LogP contribution >= 0.6 is 0 Å². The lowest BCUT2D eigenvalue weighted by Crippen LogP contribution is -2.24. The van der Waals surface area contributed by atoms with Crippen LogP contribution in [0.4, 0.5) is 10.1 Å². The topological polar surface area (TPSA) is 109 Å². The van der Waals surface area contributed by atoms with Gasteiger partial charge < -0.3 is 25.7 Å². The summed E-state index contributed by atoms with van der Waals surface area (Å²) in [6.07, 6.45) is 5.23. The van der Waals surface area contributed by atoms with Crippen molar-refractivity contribution in [1.82, 2.24) is 14.9 Å². The molecular formula is C29H31FN6O2. The van der Waals surface area contributed by atoms with Crippen molar-refractivity contribution < 1.29 is 13.9 Å². The summed E-state index contributed by atoms with van der Waals surface area (Å²) in [7, 11) is 6.54. The molecule has 2 heterocycles. The van der Waals surface area contributed by atoms with Gasteiger partial charge in [-0.05, 0) is 42.8 Å². The van der Waals surface area contributed by atoms with Crippen LogP contribution in [-0.4, -0.2) is 61.3 Å². The molecule has 0 atom stereocenters. The number of nitrogens with one attached hydrogen (secondary N) is 2. The zero-order valence-corrected chi connectivity index (χ0v) is 22.1. The number of aliphatic imine (C=N–C) groups is 1. The fourth-order valence-electron chi connectivity index (χ4n) is 4.19. The summed E-state index contributed by atoms with van der Waals surface area (Å²) < 4.78 is 21.1. The highest BCUT2D eigenvalue weighted by Gasteiger charge is 2.20. The molecular weight excluding hydrogens is 483 g/mol. The van der Waals surface area contributed by atoms with Crippen LogP contribution in [0.1, 0.15) is 17.3 Å². The molecule has 0 aliphatic rings. The third kappa shape index (κ3) is 5.36. The van der Waals surface area contributed by atoms with Crippen molar-refractivity contribution in [2.75, 3.05) is 40.1 Å². The third-order valence-corrected chi connectivity index (χ3v) is 6.20. The van der Waals surface area contributed by atoms with E-state index in [9.17, 15) is 4.79 Å². The van der Waals surface area contributed by atoms with E-state index < -0.39 is 5.82 Å². The summed E-state index contributed by atoms with van der Waals surface area (Å²) in [5, 5.41) is 3.84. The van der Waals surface area contributed by atoms with E-state index in [2.05, 4.69) is 20.3 Å². The number of ether oxygens (including phenoxy) is 1. The van der Waals surface area contributed by atoms with Crippen molar-refractivity contribution in [3.8, 4) is 28.0 Å². The van der Waals surface area contributed by atoms with Gasteiger partial charge >= 0.3 is 0 Å². The number of aromatic nitrogens is 2. The van der Waals surface area contributed by atoms with Crippen molar-refractivity contribution >= 4 is 28.3 Å². The van der Waals surface area contributed by atoms with Gasteiger partial charge in [-0.1, -0.05) is 18.2 Å². The number of fused-ring (bicyclic) bond motifs is 1. The molecule has 0 radical (unpaired) electrons. The quantitative estimate of drug-likeness (QED) is 0.284. The predicted molar refractivity (Wildman–Crippen MR) is 151 cm³/mol. The van der Waals surface area contributed by atoms with E-state index in [0.29, 0.717) is 22.5 Å². The zero-order valence-electron chi connectivity index (χ0n) is 22.1. The first-order valence-corrected chi connectivity index (χ1v) is 12.0. The molecule has 0 aliphatic carbocycles. The minimum atomic E-state index is -0.569. The normalized spacial score (nSPS) is 12.1. The molecule has 4 N–H and O–H groups in total. The van der Waals surface area contributed by atoms with Crippen LogP contribution in [0.5, 0.6) is 5.75 Å². The second-order valence-corrected chi connectivity index (χ2v) is 9.04. The van der Waals surface area contributed by atoms with Crippen molar-refractivity contribution in [2.24, 2.45) is 10.7 Å². The molecule has 0 unspecified atom stereocenters. The average molecular weight is 515 g/mol. The maximum Gasteiger partial charge on any atom is 0.255 e. The highest BCUT2D eigenvalue weighted by Crippen LogP contribution is 2.37. The Balaban J connectivity index is 1.79. The number of halogens is 1. The molecule has 2 aromatic heterocycles. The number of carbonyl (C=O) groups excluding carboxylic acids is 1. The Morgan fingerprint density at radius 1 is 1.21 bits per heavy atom. The van der Waals surface area contributed by atoms with Crippen molar-refractivity contribution in [3.05, 3.63) is 78.0 Å². The Morgan fingerprint density at radius 2 is 1.97 bits per heavy atom. The molecule has 8 nitrogen and oxygen atoms in total. The van der Waals surface area contributed by atoms with Crippen molar-refractivity contribution in [1.29, 1.82) is 0 Å². The number of hydrogen-bond donors (Lipinski definition) is 3. The van der Waals surface area contributed by atoms with E-state index in [4.69, 9.17) is 10.5 Å². The van der Waals surface area contributed by atoms with Crippen LogP contribution in [0.2, 0.25) is 0 Å². The average Bonchev–Trinajstić information content (AvgIpc) is 3.34. The number of pyridine rings is 1. The molecule has 1 amide bonds. The largest absolute Gasteiger partial charge is 0.496 e. The zero-order chi connectivity index (χ0) is 27.4. The Hall–Kier alpha value is -4.66. The molecule has 0 spiro atoms. The molecule has 0 fully saturated rings. The fraction of sp³-hybridized carbons (Fsp3) is 0.207. The summed E-state index contributed by atoms with van der Waals surface area (Å²) in [4.78, 5) is 26.3. The maximum atomic E-state index is 15.5. The standard InChI is InChI=1S/C29H31FN6O2/c1-17(32-2)10-20(31)15-33-27-23(29(37)36(3)4)11-18(13-25(27)30)19-12-22-24(16-35-28(22)34-14-19)21-8-6-7-9-26(21)38-5/h6-14,16,33H,15,31H2,1-5H3,(H,34,35)/b20-10-,32-17?. The Labute approximate surface area is 221 Å². The summed E-state index contributed by atoms with van der Waals surface area (Å²) in [5.41, 5.74) is 11.2. The SMILES string of the molecule is CN=C(C)/C=C(\N)CNc1c(F)cc(-c2cnc3[nH]cc(-c4ccccc4OC)c3c2)cc1C(=O)N(C)C. The molecule has 0 aliphatic heterocycles. The number of benzene rings is 2. The van der Waals surface area contributed by atoms with Gasteiger partial charge in [-0.25, -0.2) is 9.37 Å². The first kappa shape index (κ1) is 26.4. The molecule has 2 aromatic carbocycles. The molecule has 196 valence electrons. The van der Waals surface area contributed by atoms with Gasteiger partial charge in [0.1, 0.15) is 17.2 Å². The van der Waals surface area contributed by atoms with Gasteiger partial charge in [0.2, 0.25) is 0 Å². The fourth-order valence-corrected chi connectivity index (χ4v) is 4.19. The molecule has 9 heteroatoms. The summed E-state index contributed by atoms with van der Waals surface area (Å²) in [5.74, 6) is -0.180. The molecule has 0 saturated carbocycles. The number of amides is 1. The van der Waals surface area contributed by atoms with E-state index in [1.165, 1.54) is 11.0 Å². The minimum Gasteiger partial charge on any atom is -0.496 e. The monoisotopic (exact) mass is 514 g/mol. The van der Waals surface area contributed by atoms with E-state index in [1.54, 1.807) is 46.6 Å². The van der Waals surface area contributed by atoms with Crippen molar-refractivity contribution in [2.45, 2.75) is 6.92 Å². The summed E-state index contributed by atoms with van der Waals surface area (Å²) in [6.45, 7) is 1.97. The van der Waals surface area contributed by atoms with Crippen LogP contribution in [0.15, 0.2) is 71.6 Å². The van der Waals surface area contributed by atoms with Crippen molar-refractivity contribution in [3.63, 3.8) is 0 Å². The smallest absolute Gasteiger partial charge is 0.255 e. The Morgan fingerprint density at radius 3 is 2.68 bits per heavy atom. The lowest BCUT2D eigenvalue weighted by Gasteiger charge is -2.18. The third-order valence-electron chi connectivity index (χ3n) is 6.20. The molecule has 4 aromatic rings. The van der Waals surface area contributed by atoms with E-state index >= 15 is 4.39 Å². The number of aromatic amines is 1. The first-order valence-electron chi connectivity index (χ1n) is 12.0. The van der Waals surface area contributed by atoms with Gasteiger partial charge in [-0.15, -0.1) is 0 Å². The first-order chi connectivity index (χ1) is 18.2. The number of anilines is 1. The number of hydrogen-bond acceptors (Lipinski definition) is 6. The number of nitrogens with zero attached hydrogens (tertiary/aromatic N) is 3. The highest BCUT2D eigenvalue weighted by atomic mass is 19.1.